The Kier molecular flexibility index (Phi) is 5.08. The maximum Gasteiger partial charge on any atom is 0.341 e. The molecule has 0 saturated heterocycles. The lowest BCUT2D eigenvalue weighted by molar-refractivity contribution is 0.0468. The van der Waals surface area contributed by atoms with Gasteiger partial charge in [-0.15, -0.1) is 11.3 Å². The number of rotatable bonds is 5. The maximum atomic E-state index is 12.0. The van der Waals surface area contributed by atoms with Crippen molar-refractivity contribution in [2.24, 2.45) is 0 Å². The first kappa shape index (κ1) is 16.4. The number of carbonyl (C=O) groups excluding carboxylic acids is 1. The number of halogens is 1. The van der Waals surface area contributed by atoms with Crippen molar-refractivity contribution in [3.63, 3.8) is 0 Å². The standard InChI is InChI=1S/C17H13ClN2O3S/c1-22-13-5-2-4-11(8-13)16-20-12(10-24-16)9-23-17(21)14-6-3-7-19-15(14)18/h2-8,10H,9H2,1H3. The number of hydrogen-bond donors (Lipinski definition) is 0. The van der Waals surface area contributed by atoms with Gasteiger partial charge >= 0.3 is 5.97 Å². The minimum Gasteiger partial charge on any atom is -0.497 e. The fourth-order valence-corrected chi connectivity index (χ4v) is 3.02. The lowest BCUT2D eigenvalue weighted by Gasteiger charge is -2.04. The van der Waals surface area contributed by atoms with E-state index >= 15 is 0 Å². The second kappa shape index (κ2) is 7.42. The molecular weight excluding hydrogens is 348 g/mol. The van der Waals surface area contributed by atoms with Crippen LogP contribution in [-0.2, 0) is 11.3 Å². The van der Waals surface area contributed by atoms with Gasteiger partial charge in [0.1, 0.15) is 22.5 Å². The normalized spacial score (nSPS) is 10.4. The molecular formula is C17H13ClN2O3S. The van der Waals surface area contributed by atoms with Crippen LogP contribution in [0.25, 0.3) is 10.6 Å². The molecule has 3 aromatic rings. The Morgan fingerprint density at radius 1 is 1.29 bits per heavy atom. The monoisotopic (exact) mass is 360 g/mol. The number of carbonyl (C=O) groups is 1. The first-order valence-corrected chi connectivity index (χ1v) is 8.29. The van der Waals surface area contributed by atoms with Gasteiger partial charge in [-0.3, -0.25) is 0 Å². The Morgan fingerprint density at radius 3 is 2.96 bits per heavy atom. The van der Waals surface area contributed by atoms with E-state index in [4.69, 9.17) is 21.1 Å². The average Bonchev–Trinajstić information content (AvgIpc) is 3.09. The summed E-state index contributed by atoms with van der Waals surface area (Å²) in [4.78, 5) is 20.3. The number of thiazole rings is 1. The predicted octanol–water partition coefficient (Wildman–Crippen LogP) is 4.22. The van der Waals surface area contributed by atoms with Crippen molar-refractivity contribution in [2.75, 3.05) is 7.11 Å². The third-order valence-electron chi connectivity index (χ3n) is 3.20. The number of aromatic nitrogens is 2. The lowest BCUT2D eigenvalue weighted by Crippen LogP contribution is -2.06. The van der Waals surface area contributed by atoms with E-state index in [2.05, 4.69) is 9.97 Å². The van der Waals surface area contributed by atoms with Crippen molar-refractivity contribution in [3.8, 4) is 16.3 Å². The molecule has 0 atom stereocenters. The van der Waals surface area contributed by atoms with Gasteiger partial charge in [-0.1, -0.05) is 23.7 Å². The molecule has 0 unspecified atom stereocenters. The number of hydrogen-bond acceptors (Lipinski definition) is 6. The highest BCUT2D eigenvalue weighted by atomic mass is 35.5. The van der Waals surface area contributed by atoms with E-state index in [0.717, 1.165) is 16.3 Å². The molecule has 0 aliphatic carbocycles. The minimum absolute atomic E-state index is 0.0739. The van der Waals surface area contributed by atoms with Gasteiger partial charge in [-0.05, 0) is 24.3 Å². The number of benzene rings is 1. The molecule has 122 valence electrons. The first-order valence-electron chi connectivity index (χ1n) is 7.04. The number of esters is 1. The van der Waals surface area contributed by atoms with Gasteiger partial charge in [-0.25, -0.2) is 14.8 Å². The molecule has 0 saturated carbocycles. The number of pyridine rings is 1. The fraction of sp³-hybridized carbons (Fsp3) is 0.118. The van der Waals surface area contributed by atoms with E-state index in [1.54, 1.807) is 19.2 Å². The third kappa shape index (κ3) is 3.72. The molecule has 5 nitrogen and oxygen atoms in total. The summed E-state index contributed by atoms with van der Waals surface area (Å²) in [5, 5.41) is 2.81. The van der Waals surface area contributed by atoms with E-state index < -0.39 is 5.97 Å². The zero-order valence-corrected chi connectivity index (χ0v) is 14.3. The Balaban J connectivity index is 1.68. The van der Waals surface area contributed by atoms with Crippen molar-refractivity contribution in [1.82, 2.24) is 9.97 Å². The highest BCUT2D eigenvalue weighted by Crippen LogP contribution is 2.27. The average molecular weight is 361 g/mol. The van der Waals surface area contributed by atoms with E-state index in [-0.39, 0.29) is 17.3 Å². The van der Waals surface area contributed by atoms with Crippen LogP contribution in [0.5, 0.6) is 5.75 Å². The van der Waals surface area contributed by atoms with Gasteiger partial charge in [0.25, 0.3) is 0 Å². The molecule has 0 aliphatic heterocycles. The molecule has 0 radical (unpaired) electrons. The second-order valence-corrected chi connectivity index (χ2v) is 6.01. The van der Waals surface area contributed by atoms with E-state index in [1.165, 1.54) is 17.5 Å². The van der Waals surface area contributed by atoms with Gasteiger partial charge in [0.15, 0.2) is 0 Å². The Labute approximate surface area is 147 Å². The summed E-state index contributed by atoms with van der Waals surface area (Å²) in [7, 11) is 1.62. The molecule has 0 fully saturated rings. The molecule has 0 amide bonds. The Bertz CT molecular complexity index is 866. The van der Waals surface area contributed by atoms with Crippen molar-refractivity contribution < 1.29 is 14.3 Å². The summed E-state index contributed by atoms with van der Waals surface area (Å²) in [6.45, 7) is 0.0739. The second-order valence-electron chi connectivity index (χ2n) is 4.79. The van der Waals surface area contributed by atoms with Crippen LogP contribution in [0.15, 0.2) is 48.0 Å². The predicted molar refractivity (Wildman–Crippen MR) is 92.5 cm³/mol. The zero-order valence-electron chi connectivity index (χ0n) is 12.7. The minimum atomic E-state index is -0.524. The van der Waals surface area contributed by atoms with Crippen molar-refractivity contribution in [3.05, 3.63) is 64.4 Å². The van der Waals surface area contributed by atoms with Crippen LogP contribution in [0.3, 0.4) is 0 Å². The molecule has 7 heteroatoms. The summed E-state index contributed by atoms with van der Waals surface area (Å²) in [6, 6.07) is 10.8. The third-order valence-corrected chi connectivity index (χ3v) is 4.44. The van der Waals surface area contributed by atoms with Gasteiger partial charge in [0.05, 0.1) is 18.4 Å². The van der Waals surface area contributed by atoms with Crippen LogP contribution < -0.4 is 4.74 Å². The van der Waals surface area contributed by atoms with Crippen molar-refractivity contribution in [2.45, 2.75) is 6.61 Å². The highest BCUT2D eigenvalue weighted by molar-refractivity contribution is 7.13. The van der Waals surface area contributed by atoms with Gasteiger partial charge in [0, 0.05) is 17.1 Å². The smallest absolute Gasteiger partial charge is 0.341 e. The van der Waals surface area contributed by atoms with Crippen molar-refractivity contribution >= 4 is 28.9 Å². The number of ether oxygens (including phenoxy) is 2. The van der Waals surface area contributed by atoms with Crippen LogP contribution >= 0.6 is 22.9 Å². The number of methoxy groups -OCH3 is 1. The summed E-state index contributed by atoms with van der Waals surface area (Å²) in [5.74, 6) is 0.242. The summed E-state index contributed by atoms with van der Waals surface area (Å²) < 4.78 is 10.5. The van der Waals surface area contributed by atoms with E-state index in [9.17, 15) is 4.79 Å². The quantitative estimate of drug-likeness (QED) is 0.503. The molecule has 3 rings (SSSR count). The molecule has 24 heavy (non-hydrogen) atoms. The van der Waals surface area contributed by atoms with Crippen LogP contribution in [-0.4, -0.2) is 23.0 Å². The van der Waals surface area contributed by atoms with Gasteiger partial charge < -0.3 is 9.47 Å². The van der Waals surface area contributed by atoms with Crippen molar-refractivity contribution in [1.29, 1.82) is 0 Å². The number of nitrogens with zero attached hydrogens (tertiary/aromatic N) is 2. The van der Waals surface area contributed by atoms with E-state index in [1.807, 2.05) is 29.6 Å². The van der Waals surface area contributed by atoms with E-state index in [0.29, 0.717) is 5.69 Å². The van der Waals surface area contributed by atoms with Crippen LogP contribution in [0, 0.1) is 0 Å². The molecule has 2 heterocycles. The summed E-state index contributed by atoms with van der Waals surface area (Å²) in [6.07, 6.45) is 1.51. The largest absolute Gasteiger partial charge is 0.497 e. The van der Waals surface area contributed by atoms with Crippen LogP contribution in [0.2, 0.25) is 5.15 Å². The molecule has 0 aliphatic rings. The highest BCUT2D eigenvalue weighted by Gasteiger charge is 2.13. The molecule has 0 bridgehead atoms. The topological polar surface area (TPSA) is 61.3 Å². The molecule has 2 aromatic heterocycles. The Morgan fingerprint density at radius 2 is 2.17 bits per heavy atom. The molecule has 0 N–H and O–H groups in total. The zero-order chi connectivity index (χ0) is 16.9. The summed E-state index contributed by atoms with van der Waals surface area (Å²) >= 11 is 7.35. The van der Waals surface area contributed by atoms with Crippen LogP contribution in [0.1, 0.15) is 16.1 Å². The summed E-state index contributed by atoms with van der Waals surface area (Å²) in [5.41, 5.74) is 1.86. The molecule has 1 aromatic carbocycles. The SMILES string of the molecule is COc1cccc(-c2nc(COC(=O)c3cccnc3Cl)cs2)c1. The first-order chi connectivity index (χ1) is 11.7. The Hall–Kier alpha value is -2.44. The van der Waals surface area contributed by atoms with Gasteiger partial charge in [0.2, 0.25) is 0 Å². The molecule has 0 spiro atoms. The maximum absolute atomic E-state index is 12.0. The van der Waals surface area contributed by atoms with Crippen LogP contribution in [0.4, 0.5) is 0 Å². The van der Waals surface area contributed by atoms with Gasteiger partial charge in [-0.2, -0.15) is 0 Å². The lowest BCUT2D eigenvalue weighted by atomic mass is 10.2. The fourth-order valence-electron chi connectivity index (χ4n) is 2.02.